The van der Waals surface area contributed by atoms with Crippen molar-refractivity contribution < 1.29 is 58.2 Å². The number of carbonyl (C=O) groups is 4. The molecule has 6 unspecified atom stereocenters. The normalized spacial score (nSPS) is 19.4. The first-order valence-electron chi connectivity index (χ1n) is 27.2. The Kier molecular flexibility index (Phi) is 43.2. The minimum atomic E-state index is -1.93. The number of ether oxygens (including phenoxy) is 5. The van der Waals surface area contributed by atoms with E-state index in [1.165, 1.54) is 0 Å². The number of unbranched alkanes of at least 4 members (excludes halogenated alkanes) is 8. The Morgan fingerprint density at radius 3 is 1.33 bits per heavy atom. The summed E-state index contributed by atoms with van der Waals surface area (Å²) >= 11 is 0. The molecule has 3 N–H and O–H groups in total. The number of rotatable bonds is 43. The van der Waals surface area contributed by atoms with Crippen molar-refractivity contribution in [3.63, 3.8) is 0 Å². The number of allylic oxidation sites excluding steroid dienone is 21. The van der Waals surface area contributed by atoms with Gasteiger partial charge in [-0.25, -0.2) is 4.79 Å². The number of hydrogen-bond acceptors (Lipinski definition) is 11. The van der Waals surface area contributed by atoms with Gasteiger partial charge in [0.1, 0.15) is 18.8 Å². The molecule has 73 heavy (non-hydrogen) atoms. The van der Waals surface area contributed by atoms with Gasteiger partial charge in [0.05, 0.1) is 13.0 Å². The maximum absolute atomic E-state index is 13.1. The summed E-state index contributed by atoms with van der Waals surface area (Å²) in [4.78, 5) is 50.9. The van der Waals surface area contributed by atoms with Crippen LogP contribution in [0.1, 0.15) is 175 Å². The zero-order chi connectivity index (χ0) is 53.3. The highest BCUT2D eigenvalue weighted by atomic mass is 16.7. The van der Waals surface area contributed by atoms with E-state index in [-0.39, 0.29) is 25.9 Å². The van der Waals surface area contributed by atoms with Gasteiger partial charge in [0.15, 0.2) is 24.6 Å². The first-order valence-corrected chi connectivity index (χ1v) is 27.2. The molecule has 1 fully saturated rings. The Labute approximate surface area is 439 Å². The third-order valence-corrected chi connectivity index (χ3v) is 11.2. The molecule has 0 radical (unpaired) electrons. The van der Waals surface area contributed by atoms with Gasteiger partial charge in [0, 0.05) is 12.8 Å². The molecule has 12 heteroatoms. The largest absolute Gasteiger partial charge is 0.479 e. The highest BCUT2D eigenvalue weighted by Crippen LogP contribution is 2.26. The second-order valence-corrected chi connectivity index (χ2v) is 17.7. The van der Waals surface area contributed by atoms with Crippen molar-refractivity contribution in [1.29, 1.82) is 0 Å². The van der Waals surface area contributed by atoms with E-state index < -0.39 is 67.3 Å². The molecular weight excluding hydrogens is 925 g/mol. The molecule has 1 rings (SSSR count). The van der Waals surface area contributed by atoms with E-state index in [9.17, 15) is 34.5 Å². The summed E-state index contributed by atoms with van der Waals surface area (Å²) in [6.45, 7) is 5.49. The van der Waals surface area contributed by atoms with Crippen LogP contribution >= 0.6 is 0 Å². The van der Waals surface area contributed by atoms with Crippen LogP contribution in [0.5, 0.6) is 0 Å². The third kappa shape index (κ3) is 38.2. The van der Waals surface area contributed by atoms with Gasteiger partial charge in [-0.05, 0) is 109 Å². The predicted octanol–water partition coefficient (Wildman–Crippen LogP) is 13.4. The predicted molar refractivity (Wildman–Crippen MR) is 293 cm³/mol. The summed E-state index contributed by atoms with van der Waals surface area (Å²) in [5.74, 6) is -3.38. The van der Waals surface area contributed by atoms with Crippen LogP contribution in [-0.4, -0.2) is 89.2 Å². The Hall–Kier alpha value is -5.14. The van der Waals surface area contributed by atoms with Crippen molar-refractivity contribution in [2.45, 2.75) is 212 Å². The molecular formula is C61H92O12. The van der Waals surface area contributed by atoms with Crippen LogP contribution in [0.15, 0.2) is 134 Å². The van der Waals surface area contributed by atoms with Crippen LogP contribution in [0.3, 0.4) is 0 Å². The first kappa shape index (κ1) is 65.9. The van der Waals surface area contributed by atoms with Gasteiger partial charge in [-0.2, -0.15) is 0 Å². The van der Waals surface area contributed by atoms with Crippen molar-refractivity contribution >= 4 is 23.9 Å². The number of aliphatic carboxylic acids is 1. The van der Waals surface area contributed by atoms with Crippen molar-refractivity contribution in [2.24, 2.45) is 0 Å². The van der Waals surface area contributed by atoms with E-state index in [1.54, 1.807) is 6.08 Å². The second kappa shape index (κ2) is 47.8. The minimum Gasteiger partial charge on any atom is -0.479 e. The summed E-state index contributed by atoms with van der Waals surface area (Å²) in [6.07, 6.45) is 54.6. The molecule has 408 valence electrons. The van der Waals surface area contributed by atoms with Crippen molar-refractivity contribution in [2.75, 3.05) is 13.2 Å². The number of aliphatic hydroxyl groups is 2. The molecule has 1 aliphatic heterocycles. The standard InChI is InChI=1S/C61H92O12/c1-4-7-10-13-16-19-22-25-27-30-32-35-38-41-44-47-53(62)69-50-52(71-54(63)48-45-42-39-36-33-29-24-21-18-15-12-9-6-3)51-70-61-59(57(66)56(65)58(73-61)60(67)68)72-55(64)49-46-43-40-37-34-31-28-26-23-20-17-14-11-8-5-2/h7-12,16-21,25-29,32-33,35,41,44,52,56-59,61,65-66H,4-6,13-15,22-24,30-31,34,36-40,42-43,45-51H2,1-3H3,(H,67,68)/b10-7-,11-8-,12-9-,19-16-,20-17-,21-18-,27-25-,28-26-,33-29-,35-32-,44-41-. The first-order chi connectivity index (χ1) is 35.6. The van der Waals surface area contributed by atoms with Gasteiger partial charge in [-0.1, -0.05) is 180 Å². The molecule has 0 amide bonds. The van der Waals surface area contributed by atoms with Gasteiger partial charge in [0.25, 0.3) is 0 Å². The molecule has 0 bridgehead atoms. The Bertz CT molecular complexity index is 1780. The maximum Gasteiger partial charge on any atom is 0.335 e. The molecule has 6 atom stereocenters. The summed E-state index contributed by atoms with van der Waals surface area (Å²) in [5, 5.41) is 31.4. The molecule has 0 aliphatic carbocycles. The lowest BCUT2D eigenvalue weighted by Gasteiger charge is -2.40. The van der Waals surface area contributed by atoms with Crippen LogP contribution in [0.4, 0.5) is 0 Å². The average Bonchev–Trinajstić information content (AvgIpc) is 3.37. The molecule has 0 aromatic heterocycles. The van der Waals surface area contributed by atoms with Crippen molar-refractivity contribution in [3.8, 4) is 0 Å². The van der Waals surface area contributed by atoms with Crippen molar-refractivity contribution in [1.82, 2.24) is 0 Å². The Balaban J connectivity index is 2.81. The number of carbonyl (C=O) groups excluding carboxylic acids is 3. The topological polar surface area (TPSA) is 175 Å². The Morgan fingerprint density at radius 2 is 0.863 bits per heavy atom. The highest BCUT2D eigenvalue weighted by Gasteiger charge is 2.50. The van der Waals surface area contributed by atoms with E-state index in [2.05, 4.69) is 130 Å². The SMILES string of the molecule is CC/C=C\C/C=C\C/C=C\C/C=C\C/C=C\CC(=O)OCC(COC1OC(C(=O)O)C(O)C(O)C1OC(=O)CCCCCCC/C=C\C/C=C\C/C=C\CC)OC(=O)CCCCC/C=C\C/C=C\C/C=C\CC. The quantitative estimate of drug-likeness (QED) is 0.0228. The molecule has 1 aliphatic rings. The zero-order valence-electron chi connectivity index (χ0n) is 44.6. The number of carboxylic acids is 1. The van der Waals surface area contributed by atoms with Gasteiger partial charge < -0.3 is 39.0 Å². The average molecular weight is 1020 g/mol. The summed E-state index contributed by atoms with van der Waals surface area (Å²) in [7, 11) is 0. The number of aliphatic hydroxyl groups excluding tert-OH is 2. The lowest BCUT2D eigenvalue weighted by Crippen LogP contribution is -2.61. The molecule has 12 nitrogen and oxygen atoms in total. The van der Waals surface area contributed by atoms with E-state index in [0.717, 1.165) is 116 Å². The Morgan fingerprint density at radius 1 is 0.466 bits per heavy atom. The summed E-state index contributed by atoms with van der Waals surface area (Å²) in [5.41, 5.74) is 0. The van der Waals surface area contributed by atoms with Crippen LogP contribution in [0, 0.1) is 0 Å². The van der Waals surface area contributed by atoms with Crippen molar-refractivity contribution in [3.05, 3.63) is 134 Å². The third-order valence-electron chi connectivity index (χ3n) is 11.2. The number of carboxylic acid groups (broad SMARTS) is 1. The van der Waals surface area contributed by atoms with E-state index in [0.29, 0.717) is 19.3 Å². The van der Waals surface area contributed by atoms with E-state index in [4.69, 9.17) is 23.7 Å². The van der Waals surface area contributed by atoms with Crippen LogP contribution < -0.4 is 0 Å². The minimum absolute atomic E-state index is 0.0208. The van der Waals surface area contributed by atoms with Gasteiger partial charge >= 0.3 is 23.9 Å². The van der Waals surface area contributed by atoms with Gasteiger partial charge in [-0.15, -0.1) is 0 Å². The number of esters is 3. The van der Waals surface area contributed by atoms with E-state index >= 15 is 0 Å². The lowest BCUT2D eigenvalue weighted by atomic mass is 9.98. The summed E-state index contributed by atoms with van der Waals surface area (Å²) < 4.78 is 28.2. The smallest absolute Gasteiger partial charge is 0.335 e. The lowest BCUT2D eigenvalue weighted by molar-refractivity contribution is -0.301. The fourth-order valence-electron chi connectivity index (χ4n) is 7.17. The second-order valence-electron chi connectivity index (χ2n) is 17.7. The van der Waals surface area contributed by atoms with Gasteiger partial charge in [0.2, 0.25) is 0 Å². The molecule has 1 saturated heterocycles. The van der Waals surface area contributed by atoms with E-state index in [1.807, 2.05) is 18.2 Å². The summed E-state index contributed by atoms with van der Waals surface area (Å²) in [6, 6.07) is 0. The molecule has 0 aromatic carbocycles. The molecule has 0 saturated carbocycles. The fourth-order valence-corrected chi connectivity index (χ4v) is 7.17. The van der Waals surface area contributed by atoms with Crippen LogP contribution in [0.25, 0.3) is 0 Å². The molecule has 0 spiro atoms. The molecule has 1 heterocycles. The van der Waals surface area contributed by atoms with Crippen LogP contribution in [-0.2, 0) is 42.9 Å². The zero-order valence-corrected chi connectivity index (χ0v) is 44.6. The number of hydrogen-bond donors (Lipinski definition) is 3. The highest BCUT2D eigenvalue weighted by molar-refractivity contribution is 5.74. The van der Waals surface area contributed by atoms with Crippen LogP contribution in [0.2, 0.25) is 0 Å². The fraction of sp³-hybridized carbons (Fsp3) is 0.574. The monoisotopic (exact) mass is 1020 g/mol. The molecule has 0 aromatic rings. The van der Waals surface area contributed by atoms with Gasteiger partial charge in [-0.3, -0.25) is 14.4 Å². The maximum atomic E-state index is 13.1.